The molecule has 0 saturated carbocycles. The minimum Gasteiger partial charge on any atom is -0.388 e. The van der Waals surface area contributed by atoms with E-state index in [1.54, 1.807) is 26.4 Å². The number of nitrogens with zero attached hydrogens (tertiary/aromatic N) is 6. The Labute approximate surface area is 297 Å². The van der Waals surface area contributed by atoms with Gasteiger partial charge in [-0.15, -0.1) is 0 Å². The van der Waals surface area contributed by atoms with Crippen LogP contribution < -0.4 is 22.5 Å². The molecule has 0 aliphatic heterocycles. The zero-order chi connectivity index (χ0) is 36.3. The predicted octanol–water partition coefficient (Wildman–Crippen LogP) is 5.63. The van der Waals surface area contributed by atoms with Gasteiger partial charge < -0.3 is 9.90 Å². The third-order valence-electron chi connectivity index (χ3n) is 7.56. The Morgan fingerprint density at radius 1 is 0.812 bits per heavy atom. The van der Waals surface area contributed by atoms with Crippen molar-refractivity contribution in [2.24, 2.45) is 25.9 Å². The zero-order valence-electron chi connectivity index (χ0n) is 29.1. The quantitative estimate of drug-likeness (QED) is 0.192. The highest BCUT2D eigenvalue weighted by Gasteiger charge is 2.23. The lowest BCUT2D eigenvalue weighted by molar-refractivity contribution is -0.108. The normalized spacial score (nSPS) is 11.8. The van der Waals surface area contributed by atoms with Crippen molar-refractivity contribution < 1.29 is 9.90 Å². The van der Waals surface area contributed by atoms with Gasteiger partial charge in [0.05, 0.1) is 16.9 Å². The Morgan fingerprint density at radius 2 is 1.33 bits per heavy atom. The first-order chi connectivity index (χ1) is 22.6. The van der Waals surface area contributed by atoms with Gasteiger partial charge in [-0.1, -0.05) is 54.4 Å². The molecule has 0 amide bonds. The number of aliphatic hydroxyl groups excluding tert-OH is 1. The number of halogens is 2. The highest BCUT2D eigenvalue weighted by Crippen LogP contribution is 2.31. The molecular weight excluding hydrogens is 748 g/mol. The molecule has 1 atom stereocenters. The van der Waals surface area contributed by atoms with E-state index in [1.165, 1.54) is 24.5 Å². The maximum Gasteiger partial charge on any atom is 0.332 e. The first-order valence-corrected chi connectivity index (χ1v) is 17.9. The van der Waals surface area contributed by atoms with Crippen molar-refractivity contribution in [3.8, 4) is 0 Å². The molecule has 1 N–H and O–H groups in total. The molecule has 264 valence electrons. The second-order valence-electron chi connectivity index (χ2n) is 12.5. The first-order valence-electron chi connectivity index (χ1n) is 16.3. The molecule has 0 radical (unpaired) electrons. The van der Waals surface area contributed by atoms with E-state index >= 15 is 0 Å². The molecule has 4 rings (SSSR count). The Bertz CT molecular complexity index is 1940. The minimum atomic E-state index is -0.797. The average Bonchev–Trinajstić information content (AvgIpc) is 3.02. The van der Waals surface area contributed by atoms with Gasteiger partial charge in [0.2, 0.25) is 0 Å². The topological polar surface area (TPSA) is 151 Å². The summed E-state index contributed by atoms with van der Waals surface area (Å²) in [6, 6.07) is 1.70. The number of aldehydes is 1. The Balaban J connectivity index is 0.000000293. The van der Waals surface area contributed by atoms with Crippen LogP contribution >= 0.6 is 31.9 Å². The fourth-order valence-corrected chi connectivity index (χ4v) is 5.82. The van der Waals surface area contributed by atoms with E-state index in [2.05, 4.69) is 41.8 Å². The summed E-state index contributed by atoms with van der Waals surface area (Å²) >= 11 is 6.69. The monoisotopic (exact) mass is 794 g/mol. The van der Waals surface area contributed by atoms with E-state index in [0.29, 0.717) is 64.0 Å². The number of hydrogen-bond acceptors (Lipinski definition) is 8. The van der Waals surface area contributed by atoms with Gasteiger partial charge in [-0.3, -0.25) is 27.9 Å². The number of aliphatic hydroxyl groups is 1. The first kappa shape index (κ1) is 40.9. The van der Waals surface area contributed by atoms with Crippen LogP contribution in [-0.2, 0) is 32.0 Å². The lowest BCUT2D eigenvalue weighted by Crippen LogP contribution is -2.40. The number of carbonyl (C=O) groups is 1. The van der Waals surface area contributed by atoms with E-state index in [0.717, 1.165) is 36.4 Å². The molecule has 0 aliphatic carbocycles. The van der Waals surface area contributed by atoms with Gasteiger partial charge >= 0.3 is 11.4 Å². The minimum absolute atomic E-state index is 0.268. The maximum atomic E-state index is 12.9. The van der Waals surface area contributed by atoms with E-state index in [1.807, 2.05) is 41.5 Å². The summed E-state index contributed by atoms with van der Waals surface area (Å²) in [5.41, 5.74) is -0.0985. The lowest BCUT2D eigenvalue weighted by atomic mass is 9.98. The number of unbranched alkanes of at least 4 members (excludes halogenated alkanes) is 2. The van der Waals surface area contributed by atoms with Gasteiger partial charge in [0.25, 0.3) is 11.1 Å². The average molecular weight is 797 g/mol. The zero-order valence-corrected chi connectivity index (χ0v) is 32.3. The molecule has 0 fully saturated rings. The van der Waals surface area contributed by atoms with Crippen LogP contribution in [0.2, 0.25) is 0 Å². The Hall–Kier alpha value is -3.23. The molecular formula is C34H48Br2N6O6. The molecule has 0 aromatic carbocycles. The second kappa shape index (κ2) is 19.1. The fraction of sp³-hybridized carbons (Fsp3) is 0.559. The second-order valence-corrected chi connectivity index (χ2v) is 14.3. The van der Waals surface area contributed by atoms with Crippen LogP contribution in [0.3, 0.4) is 0 Å². The molecule has 1 unspecified atom stereocenters. The summed E-state index contributed by atoms with van der Waals surface area (Å²) in [4.78, 5) is 67.7. The van der Waals surface area contributed by atoms with Gasteiger partial charge in [0.15, 0.2) is 0 Å². The molecule has 14 heteroatoms. The Kier molecular flexibility index (Phi) is 16.3. The molecule has 4 aromatic rings. The molecule has 0 saturated heterocycles. The molecule has 12 nitrogen and oxygen atoms in total. The summed E-state index contributed by atoms with van der Waals surface area (Å²) < 4.78 is 6.63. The van der Waals surface area contributed by atoms with Crippen molar-refractivity contribution >= 4 is 60.2 Å². The van der Waals surface area contributed by atoms with Crippen LogP contribution in [-0.4, -0.2) is 39.6 Å². The van der Waals surface area contributed by atoms with Crippen molar-refractivity contribution in [1.29, 1.82) is 0 Å². The van der Waals surface area contributed by atoms with E-state index in [4.69, 9.17) is 0 Å². The summed E-state index contributed by atoms with van der Waals surface area (Å²) in [5.74, 6) is 0.799. The van der Waals surface area contributed by atoms with Gasteiger partial charge in [0, 0.05) is 60.5 Å². The number of fused-ring (bicyclic) bond motifs is 2. The number of aromatic nitrogens is 6. The highest BCUT2D eigenvalue weighted by molar-refractivity contribution is 9.10. The van der Waals surface area contributed by atoms with Crippen molar-refractivity contribution in [2.75, 3.05) is 0 Å². The lowest BCUT2D eigenvalue weighted by Gasteiger charge is -2.18. The van der Waals surface area contributed by atoms with Crippen LogP contribution in [0.5, 0.6) is 0 Å². The van der Waals surface area contributed by atoms with Crippen molar-refractivity contribution in [3.05, 3.63) is 74.6 Å². The summed E-state index contributed by atoms with van der Waals surface area (Å²) in [5, 5.41) is 11.4. The van der Waals surface area contributed by atoms with E-state index in [-0.39, 0.29) is 28.4 Å². The predicted molar refractivity (Wildman–Crippen MR) is 198 cm³/mol. The van der Waals surface area contributed by atoms with Gasteiger partial charge in [-0.2, -0.15) is 0 Å². The molecule has 4 aromatic heterocycles. The largest absolute Gasteiger partial charge is 0.388 e. The van der Waals surface area contributed by atoms with Gasteiger partial charge in [0.1, 0.15) is 17.6 Å². The molecule has 4 heterocycles. The van der Waals surface area contributed by atoms with Crippen molar-refractivity contribution in [1.82, 2.24) is 28.2 Å². The van der Waals surface area contributed by atoms with Gasteiger partial charge in [-0.25, -0.2) is 19.6 Å². The van der Waals surface area contributed by atoms with Crippen LogP contribution in [0.4, 0.5) is 0 Å². The third kappa shape index (κ3) is 10.1. The summed E-state index contributed by atoms with van der Waals surface area (Å²) in [7, 11) is 3.24. The van der Waals surface area contributed by atoms with Gasteiger partial charge in [-0.05, 0) is 69.0 Å². The van der Waals surface area contributed by atoms with Crippen LogP contribution in [0.15, 0.2) is 46.6 Å². The fourth-order valence-electron chi connectivity index (χ4n) is 4.92. The molecule has 0 spiro atoms. The Morgan fingerprint density at radius 3 is 1.81 bits per heavy atom. The van der Waals surface area contributed by atoms with Crippen LogP contribution in [0.1, 0.15) is 91.7 Å². The number of hydrogen-bond donors (Lipinski definition) is 1. The molecule has 0 aliphatic rings. The maximum absolute atomic E-state index is 12.9. The van der Waals surface area contributed by atoms with Crippen LogP contribution in [0, 0.1) is 11.8 Å². The number of carbonyl (C=O) groups excluding carboxylic acids is 1. The summed E-state index contributed by atoms with van der Waals surface area (Å²) in [6.07, 6.45) is 7.86. The molecule has 0 bridgehead atoms. The smallest absolute Gasteiger partial charge is 0.332 e. The molecule has 48 heavy (non-hydrogen) atoms. The van der Waals surface area contributed by atoms with E-state index < -0.39 is 6.10 Å². The van der Waals surface area contributed by atoms with E-state index in [9.17, 15) is 29.1 Å². The van der Waals surface area contributed by atoms with Crippen molar-refractivity contribution in [3.63, 3.8) is 0 Å². The summed E-state index contributed by atoms with van der Waals surface area (Å²) in [6.45, 7) is 12.9. The SMILES string of the molecule is CC(C)CC=O.CCCCn1c(=O)c2c(C(O)CC(C)C)c(Br)cnc2n(C)c1=O.CCCCn1c(=O)c2cc(Br)cnc2n(C)c1=O. The number of aryl methyl sites for hydroxylation is 2. The number of rotatable bonds is 11. The van der Waals surface area contributed by atoms with Crippen LogP contribution in [0.25, 0.3) is 22.1 Å². The standard InChI is InChI=1S/C17H24BrN3O3.C12H14BrN3O2.C5H10O/c1-5-6-7-21-16(23)14-13(12(22)8-10(2)3)11(18)9-19-15(14)20(4)17(21)24;1-3-4-5-16-11(17)9-6-8(13)7-14-10(9)15(2)12(16)18;1-5(2)3-4-6/h9-10,12,22H,5-8H2,1-4H3;6-7H,3-5H2,1-2H3;4-5H,3H2,1-2H3. The highest BCUT2D eigenvalue weighted by atomic mass is 79.9. The third-order valence-corrected chi connectivity index (χ3v) is 8.62. The van der Waals surface area contributed by atoms with Crippen molar-refractivity contribution in [2.45, 2.75) is 99.3 Å². The number of pyridine rings is 2.